The molecule has 0 unspecified atom stereocenters. The first kappa shape index (κ1) is 15.8. The summed E-state index contributed by atoms with van der Waals surface area (Å²) in [6.45, 7) is 3.70. The SMILES string of the molecule is CSc1nc2cc(C)c(C)cc2n1[C@@H]1O[C@@H](CO)[C@@H](O)[C@H]1O. The number of benzene rings is 1. The second kappa shape index (κ2) is 5.82. The molecule has 2 heterocycles. The largest absolute Gasteiger partial charge is 0.394 e. The van der Waals surface area contributed by atoms with Gasteiger partial charge in [0, 0.05) is 0 Å². The van der Waals surface area contributed by atoms with Gasteiger partial charge < -0.3 is 20.1 Å². The number of hydrogen-bond donors (Lipinski definition) is 3. The Morgan fingerprint density at radius 3 is 2.50 bits per heavy atom. The predicted octanol–water partition coefficient (Wildman–Crippen LogP) is 0.987. The van der Waals surface area contributed by atoms with E-state index in [1.807, 2.05) is 32.2 Å². The maximum atomic E-state index is 10.3. The van der Waals surface area contributed by atoms with Gasteiger partial charge in [-0.1, -0.05) is 11.8 Å². The molecule has 1 aromatic heterocycles. The highest BCUT2D eigenvalue weighted by atomic mass is 32.2. The highest BCUT2D eigenvalue weighted by Crippen LogP contribution is 2.36. The van der Waals surface area contributed by atoms with E-state index in [0.29, 0.717) is 5.16 Å². The van der Waals surface area contributed by atoms with Crippen LogP contribution in [0.15, 0.2) is 17.3 Å². The summed E-state index contributed by atoms with van der Waals surface area (Å²) in [7, 11) is 0. The fourth-order valence-electron chi connectivity index (χ4n) is 2.81. The molecule has 3 N–H and O–H groups in total. The lowest BCUT2D eigenvalue weighted by molar-refractivity contribution is -0.0545. The second-order valence-electron chi connectivity index (χ2n) is 5.62. The zero-order chi connectivity index (χ0) is 16.0. The number of aryl methyl sites for hydroxylation is 2. The van der Waals surface area contributed by atoms with Crippen molar-refractivity contribution in [1.29, 1.82) is 0 Å². The molecule has 0 spiro atoms. The smallest absolute Gasteiger partial charge is 0.170 e. The van der Waals surface area contributed by atoms with Gasteiger partial charge in [-0.2, -0.15) is 0 Å². The molecule has 0 aliphatic carbocycles. The number of ether oxygens (including phenoxy) is 1. The van der Waals surface area contributed by atoms with Gasteiger partial charge >= 0.3 is 0 Å². The summed E-state index contributed by atoms with van der Waals surface area (Å²) in [5.74, 6) is 0. The van der Waals surface area contributed by atoms with Crippen LogP contribution in [-0.4, -0.2) is 56.0 Å². The molecule has 1 aliphatic rings. The Morgan fingerprint density at radius 2 is 1.91 bits per heavy atom. The Balaban J connectivity index is 2.15. The van der Waals surface area contributed by atoms with Crippen LogP contribution in [0.2, 0.25) is 0 Å². The van der Waals surface area contributed by atoms with E-state index in [9.17, 15) is 15.3 Å². The number of rotatable bonds is 3. The summed E-state index contributed by atoms with van der Waals surface area (Å²) in [6, 6.07) is 4.01. The highest BCUT2D eigenvalue weighted by Gasteiger charge is 2.44. The molecule has 120 valence electrons. The van der Waals surface area contributed by atoms with Crippen molar-refractivity contribution in [2.45, 2.75) is 43.5 Å². The molecule has 1 aromatic carbocycles. The molecule has 7 heteroatoms. The molecule has 1 aliphatic heterocycles. The van der Waals surface area contributed by atoms with Crippen molar-refractivity contribution in [2.75, 3.05) is 12.9 Å². The minimum Gasteiger partial charge on any atom is -0.394 e. The Bertz CT molecular complexity index is 702. The second-order valence-corrected chi connectivity index (χ2v) is 6.40. The summed E-state index contributed by atoms with van der Waals surface area (Å²) in [5, 5.41) is 30.2. The van der Waals surface area contributed by atoms with E-state index in [0.717, 1.165) is 22.2 Å². The topological polar surface area (TPSA) is 87.7 Å². The molecule has 0 bridgehead atoms. The summed E-state index contributed by atoms with van der Waals surface area (Å²) >= 11 is 1.45. The van der Waals surface area contributed by atoms with Crippen LogP contribution in [0.5, 0.6) is 0 Å². The minimum atomic E-state index is -1.12. The summed E-state index contributed by atoms with van der Waals surface area (Å²) < 4.78 is 7.46. The minimum absolute atomic E-state index is 0.339. The van der Waals surface area contributed by atoms with E-state index < -0.39 is 24.5 Å². The van der Waals surface area contributed by atoms with E-state index in [1.165, 1.54) is 11.8 Å². The van der Waals surface area contributed by atoms with Crippen LogP contribution in [0, 0.1) is 13.8 Å². The van der Waals surface area contributed by atoms with Crippen molar-refractivity contribution in [1.82, 2.24) is 9.55 Å². The molecule has 0 radical (unpaired) electrons. The average molecular weight is 324 g/mol. The Hall–Kier alpha value is -1.12. The van der Waals surface area contributed by atoms with Crippen LogP contribution < -0.4 is 0 Å². The first-order chi connectivity index (χ1) is 10.5. The quantitative estimate of drug-likeness (QED) is 0.730. The number of aromatic nitrogens is 2. The van der Waals surface area contributed by atoms with Crippen LogP contribution in [0.3, 0.4) is 0 Å². The molecular weight excluding hydrogens is 304 g/mol. The van der Waals surface area contributed by atoms with Gasteiger partial charge in [0.05, 0.1) is 17.6 Å². The standard InChI is InChI=1S/C15H20N2O4S/c1-7-4-9-10(5-8(7)2)17(15(16-9)22-3)14-13(20)12(19)11(6-18)21-14/h4-5,11-14,18-20H,6H2,1-3H3/t11-,12+,13+,14+/m0/s1. The van der Waals surface area contributed by atoms with Gasteiger partial charge in [0.2, 0.25) is 0 Å². The Morgan fingerprint density at radius 1 is 1.23 bits per heavy atom. The Kier molecular flexibility index (Phi) is 4.17. The molecule has 1 saturated heterocycles. The number of fused-ring (bicyclic) bond motifs is 1. The van der Waals surface area contributed by atoms with E-state index in [2.05, 4.69) is 4.98 Å². The molecule has 0 amide bonds. The van der Waals surface area contributed by atoms with E-state index in [4.69, 9.17) is 4.74 Å². The van der Waals surface area contributed by atoms with Gasteiger partial charge in [0.25, 0.3) is 0 Å². The average Bonchev–Trinajstić information content (AvgIpc) is 2.98. The van der Waals surface area contributed by atoms with Crippen LogP contribution in [0.4, 0.5) is 0 Å². The number of nitrogens with zero attached hydrogens (tertiary/aromatic N) is 2. The van der Waals surface area contributed by atoms with Crippen LogP contribution in [0.25, 0.3) is 11.0 Å². The molecule has 3 rings (SSSR count). The van der Waals surface area contributed by atoms with Gasteiger partial charge in [-0.15, -0.1) is 0 Å². The third-order valence-corrected chi connectivity index (χ3v) is 4.88. The van der Waals surface area contributed by atoms with Crippen molar-refractivity contribution >= 4 is 22.8 Å². The lowest BCUT2D eigenvalue weighted by Crippen LogP contribution is -2.33. The molecule has 6 nitrogen and oxygen atoms in total. The first-order valence-electron chi connectivity index (χ1n) is 7.13. The van der Waals surface area contributed by atoms with Gasteiger partial charge in [-0.05, 0) is 43.4 Å². The number of thioether (sulfide) groups is 1. The Labute approximate surface area is 132 Å². The van der Waals surface area contributed by atoms with Gasteiger partial charge in [-0.25, -0.2) is 4.98 Å². The number of aliphatic hydroxyl groups is 3. The summed E-state index contributed by atoms with van der Waals surface area (Å²) in [5.41, 5.74) is 3.94. The maximum absolute atomic E-state index is 10.3. The number of imidazole rings is 1. The summed E-state index contributed by atoms with van der Waals surface area (Å²) in [6.07, 6.45) is -1.88. The van der Waals surface area contributed by atoms with Gasteiger partial charge in [-0.3, -0.25) is 4.57 Å². The van der Waals surface area contributed by atoms with Gasteiger partial charge in [0.15, 0.2) is 11.4 Å². The third kappa shape index (κ3) is 2.33. The van der Waals surface area contributed by atoms with E-state index >= 15 is 0 Å². The van der Waals surface area contributed by atoms with Gasteiger partial charge in [0.1, 0.15) is 18.3 Å². The van der Waals surface area contributed by atoms with E-state index in [-0.39, 0.29) is 6.61 Å². The third-order valence-electron chi connectivity index (χ3n) is 4.23. The molecule has 2 aromatic rings. The molecule has 0 saturated carbocycles. The van der Waals surface area contributed by atoms with Crippen LogP contribution in [-0.2, 0) is 4.74 Å². The highest BCUT2D eigenvalue weighted by molar-refractivity contribution is 7.98. The molecule has 4 atom stereocenters. The monoisotopic (exact) mass is 324 g/mol. The van der Waals surface area contributed by atoms with Crippen molar-refractivity contribution < 1.29 is 20.1 Å². The fraction of sp³-hybridized carbons (Fsp3) is 0.533. The lowest BCUT2D eigenvalue weighted by Gasteiger charge is -2.19. The summed E-state index contributed by atoms with van der Waals surface area (Å²) in [4.78, 5) is 4.58. The normalized spacial score (nSPS) is 28.6. The molecule has 1 fully saturated rings. The zero-order valence-corrected chi connectivity index (χ0v) is 13.5. The van der Waals surface area contributed by atoms with Crippen LogP contribution in [0.1, 0.15) is 17.4 Å². The van der Waals surface area contributed by atoms with Crippen molar-refractivity contribution in [3.8, 4) is 0 Å². The number of aliphatic hydroxyl groups excluding tert-OH is 3. The fourth-order valence-corrected chi connectivity index (χ4v) is 3.40. The predicted molar refractivity (Wildman–Crippen MR) is 84.0 cm³/mol. The van der Waals surface area contributed by atoms with Crippen molar-refractivity contribution in [2.24, 2.45) is 0 Å². The molecule has 22 heavy (non-hydrogen) atoms. The van der Waals surface area contributed by atoms with Crippen LogP contribution >= 0.6 is 11.8 Å². The lowest BCUT2D eigenvalue weighted by atomic mass is 10.1. The molecular formula is C15H20N2O4S. The zero-order valence-electron chi connectivity index (χ0n) is 12.7. The van der Waals surface area contributed by atoms with Crippen molar-refractivity contribution in [3.05, 3.63) is 23.3 Å². The maximum Gasteiger partial charge on any atom is 0.170 e. The first-order valence-corrected chi connectivity index (χ1v) is 8.36. The van der Waals surface area contributed by atoms with Crippen molar-refractivity contribution in [3.63, 3.8) is 0 Å². The number of hydrogen-bond acceptors (Lipinski definition) is 6. The van der Waals surface area contributed by atoms with E-state index in [1.54, 1.807) is 4.57 Å².